The van der Waals surface area contributed by atoms with Crippen molar-refractivity contribution in [1.82, 2.24) is 4.98 Å². The largest absolute Gasteiger partial charge is 0.495 e. The molecule has 0 aliphatic carbocycles. The maximum atomic E-state index is 11.8. The van der Waals surface area contributed by atoms with Crippen LogP contribution in [0.15, 0.2) is 23.0 Å². The molecule has 0 aliphatic heterocycles. The smallest absolute Gasteiger partial charge is 0.352 e. The highest BCUT2D eigenvalue weighted by molar-refractivity contribution is 5.94. The second kappa shape index (κ2) is 4.33. The average molecular weight is 247 g/mol. The number of aromatic carboxylic acids is 1. The molecule has 0 aliphatic rings. The number of hydrogen-bond donors (Lipinski definition) is 2. The maximum absolute atomic E-state index is 11.8. The van der Waals surface area contributed by atoms with Gasteiger partial charge in [-0.1, -0.05) is 0 Å². The van der Waals surface area contributed by atoms with Crippen LogP contribution in [-0.2, 0) is 0 Å². The fourth-order valence-corrected chi connectivity index (χ4v) is 1.68. The lowest BCUT2D eigenvalue weighted by Crippen LogP contribution is -2.10. The molecule has 0 saturated carbocycles. The minimum absolute atomic E-state index is 0.210. The molecule has 6 heteroatoms. The summed E-state index contributed by atoms with van der Waals surface area (Å²) in [5, 5.41) is 9.08. The van der Waals surface area contributed by atoms with E-state index in [1.54, 1.807) is 0 Å². The van der Waals surface area contributed by atoms with Crippen LogP contribution >= 0.6 is 0 Å². The topological polar surface area (TPSA) is 96.5 Å². The highest BCUT2D eigenvalue weighted by atomic mass is 16.5. The number of H-pyrrole nitrogens is 1. The van der Waals surface area contributed by atoms with Crippen LogP contribution in [0.1, 0.15) is 20.8 Å². The van der Waals surface area contributed by atoms with Gasteiger partial charge in [-0.05, 0) is 12.1 Å². The molecule has 0 unspecified atom stereocenters. The molecule has 2 aromatic rings. The van der Waals surface area contributed by atoms with E-state index in [1.807, 2.05) is 0 Å². The van der Waals surface area contributed by atoms with E-state index in [-0.39, 0.29) is 27.9 Å². The molecule has 1 aromatic carbocycles. The number of nitrogens with one attached hydrogen (secondary N) is 1. The van der Waals surface area contributed by atoms with E-state index < -0.39 is 11.4 Å². The normalized spacial score (nSPS) is 10.3. The molecule has 0 bridgehead atoms. The SMILES string of the molecule is COc1cc(C=O)cc2c(=O)cc(C(=O)O)[nH]c12. The summed E-state index contributed by atoms with van der Waals surface area (Å²) in [5.74, 6) is -0.995. The van der Waals surface area contributed by atoms with Crippen molar-refractivity contribution >= 4 is 23.2 Å². The van der Waals surface area contributed by atoms with Gasteiger partial charge in [0.1, 0.15) is 17.7 Å². The molecule has 0 fully saturated rings. The Hall–Kier alpha value is -2.63. The molecule has 0 spiro atoms. The van der Waals surface area contributed by atoms with Gasteiger partial charge in [-0.15, -0.1) is 0 Å². The van der Waals surface area contributed by atoms with Gasteiger partial charge >= 0.3 is 5.97 Å². The fraction of sp³-hybridized carbons (Fsp3) is 0.0833. The monoisotopic (exact) mass is 247 g/mol. The van der Waals surface area contributed by atoms with Crippen molar-refractivity contribution in [3.05, 3.63) is 39.7 Å². The second-order valence-electron chi connectivity index (χ2n) is 3.62. The molecule has 2 N–H and O–H groups in total. The number of pyridine rings is 1. The summed E-state index contributed by atoms with van der Waals surface area (Å²) in [7, 11) is 1.37. The Morgan fingerprint density at radius 2 is 2.11 bits per heavy atom. The third-order valence-electron chi connectivity index (χ3n) is 2.51. The molecule has 2 rings (SSSR count). The summed E-state index contributed by atoms with van der Waals surface area (Å²) < 4.78 is 5.04. The van der Waals surface area contributed by atoms with Crippen molar-refractivity contribution in [2.45, 2.75) is 0 Å². The van der Waals surface area contributed by atoms with Crippen LogP contribution in [0.3, 0.4) is 0 Å². The predicted octanol–water partition coefficient (Wildman–Crippen LogP) is 1.05. The molecule has 1 aromatic heterocycles. The first-order chi connectivity index (χ1) is 8.56. The minimum atomic E-state index is -1.24. The minimum Gasteiger partial charge on any atom is -0.495 e. The summed E-state index contributed by atoms with van der Waals surface area (Å²) >= 11 is 0. The molecule has 0 amide bonds. The average Bonchev–Trinajstić information content (AvgIpc) is 2.37. The van der Waals surface area contributed by atoms with Crippen LogP contribution in [0.25, 0.3) is 10.9 Å². The van der Waals surface area contributed by atoms with Gasteiger partial charge in [0.05, 0.1) is 12.6 Å². The molecular weight excluding hydrogens is 238 g/mol. The van der Waals surface area contributed by atoms with E-state index in [0.29, 0.717) is 6.29 Å². The van der Waals surface area contributed by atoms with Crippen molar-refractivity contribution < 1.29 is 19.4 Å². The summed E-state index contributed by atoms with van der Waals surface area (Å²) in [5.41, 5.74) is -0.172. The molecular formula is C12H9NO5. The van der Waals surface area contributed by atoms with Gasteiger partial charge in [0, 0.05) is 17.0 Å². The van der Waals surface area contributed by atoms with Crippen LogP contribution in [0, 0.1) is 0 Å². The highest BCUT2D eigenvalue weighted by Gasteiger charge is 2.12. The molecule has 0 atom stereocenters. The first kappa shape index (κ1) is 11.8. The van der Waals surface area contributed by atoms with Crippen molar-refractivity contribution in [3.63, 3.8) is 0 Å². The first-order valence-electron chi connectivity index (χ1n) is 5.00. The number of carboxylic acids is 1. The number of rotatable bonds is 3. The van der Waals surface area contributed by atoms with E-state index >= 15 is 0 Å². The predicted molar refractivity (Wildman–Crippen MR) is 63.5 cm³/mol. The van der Waals surface area contributed by atoms with E-state index in [2.05, 4.69) is 4.98 Å². The molecule has 1 heterocycles. The van der Waals surface area contributed by atoms with E-state index in [9.17, 15) is 14.4 Å². The zero-order chi connectivity index (χ0) is 13.3. The van der Waals surface area contributed by atoms with E-state index in [4.69, 9.17) is 9.84 Å². The fourth-order valence-electron chi connectivity index (χ4n) is 1.68. The lowest BCUT2D eigenvalue weighted by molar-refractivity contribution is 0.0690. The molecule has 18 heavy (non-hydrogen) atoms. The number of methoxy groups -OCH3 is 1. The number of aromatic nitrogens is 1. The summed E-state index contributed by atoms with van der Waals surface area (Å²) in [4.78, 5) is 36.0. The number of carbonyl (C=O) groups is 2. The van der Waals surface area contributed by atoms with E-state index in [1.165, 1.54) is 19.2 Å². The van der Waals surface area contributed by atoms with Gasteiger partial charge in [-0.2, -0.15) is 0 Å². The Kier molecular flexibility index (Phi) is 2.85. The standard InChI is InChI=1S/C12H9NO5/c1-18-10-3-6(5-14)2-7-9(15)4-8(12(16)17)13-11(7)10/h2-5H,1H3,(H,13,15)(H,16,17). The van der Waals surface area contributed by atoms with E-state index in [0.717, 1.165) is 6.07 Å². The lowest BCUT2D eigenvalue weighted by Gasteiger charge is -2.07. The maximum Gasteiger partial charge on any atom is 0.352 e. The Morgan fingerprint density at radius 3 is 2.67 bits per heavy atom. The van der Waals surface area contributed by atoms with Crippen LogP contribution in [0.2, 0.25) is 0 Å². The van der Waals surface area contributed by atoms with Crippen LogP contribution in [-0.4, -0.2) is 29.5 Å². The third kappa shape index (κ3) is 1.84. The van der Waals surface area contributed by atoms with Crippen molar-refractivity contribution in [2.24, 2.45) is 0 Å². The highest BCUT2D eigenvalue weighted by Crippen LogP contribution is 2.23. The zero-order valence-corrected chi connectivity index (χ0v) is 9.39. The zero-order valence-electron chi connectivity index (χ0n) is 9.39. The van der Waals surface area contributed by atoms with Gasteiger partial charge in [-0.3, -0.25) is 9.59 Å². The Balaban J connectivity index is 2.91. The number of hydrogen-bond acceptors (Lipinski definition) is 4. The number of benzene rings is 1. The molecule has 6 nitrogen and oxygen atoms in total. The van der Waals surface area contributed by atoms with Crippen LogP contribution in [0.4, 0.5) is 0 Å². The first-order valence-corrected chi connectivity index (χ1v) is 5.00. The van der Waals surface area contributed by atoms with Crippen molar-refractivity contribution in [2.75, 3.05) is 7.11 Å². The number of aldehydes is 1. The molecule has 0 saturated heterocycles. The Morgan fingerprint density at radius 1 is 1.39 bits per heavy atom. The number of carboxylic acid groups (broad SMARTS) is 1. The van der Waals surface area contributed by atoms with Gasteiger partial charge in [0.2, 0.25) is 0 Å². The number of carbonyl (C=O) groups excluding carboxylic acids is 1. The Labute approximate surface area is 101 Å². The van der Waals surface area contributed by atoms with Gasteiger partial charge in [0.15, 0.2) is 5.43 Å². The summed E-state index contributed by atoms with van der Waals surface area (Å²) in [6.45, 7) is 0. The van der Waals surface area contributed by atoms with Gasteiger partial charge in [0.25, 0.3) is 0 Å². The summed E-state index contributed by atoms with van der Waals surface area (Å²) in [6, 6.07) is 3.78. The molecule has 92 valence electrons. The summed E-state index contributed by atoms with van der Waals surface area (Å²) in [6.07, 6.45) is 0.590. The quantitative estimate of drug-likeness (QED) is 0.790. The Bertz CT molecular complexity index is 701. The van der Waals surface area contributed by atoms with Crippen LogP contribution < -0.4 is 10.2 Å². The van der Waals surface area contributed by atoms with Gasteiger partial charge in [-0.25, -0.2) is 4.79 Å². The van der Waals surface area contributed by atoms with Gasteiger partial charge < -0.3 is 14.8 Å². The molecule has 0 radical (unpaired) electrons. The third-order valence-corrected chi connectivity index (χ3v) is 2.51. The lowest BCUT2D eigenvalue weighted by atomic mass is 10.1. The van der Waals surface area contributed by atoms with Crippen molar-refractivity contribution in [1.29, 1.82) is 0 Å². The van der Waals surface area contributed by atoms with Crippen molar-refractivity contribution in [3.8, 4) is 5.75 Å². The second-order valence-corrected chi connectivity index (χ2v) is 3.62. The van der Waals surface area contributed by atoms with Crippen LogP contribution in [0.5, 0.6) is 5.75 Å². The number of fused-ring (bicyclic) bond motifs is 1. The number of aromatic amines is 1. The number of ether oxygens (including phenoxy) is 1.